The van der Waals surface area contributed by atoms with Gasteiger partial charge in [0.1, 0.15) is 6.61 Å². The van der Waals surface area contributed by atoms with Crippen molar-refractivity contribution in [1.82, 2.24) is 4.90 Å². The highest BCUT2D eigenvalue weighted by Gasteiger charge is 2.34. The number of hydrogen-bond donors (Lipinski definition) is 0. The molecule has 0 N–H and O–H groups in total. The fourth-order valence-corrected chi connectivity index (χ4v) is 2.17. The summed E-state index contributed by atoms with van der Waals surface area (Å²) in [6.45, 7) is 2.49. The van der Waals surface area contributed by atoms with Crippen molar-refractivity contribution in [3.05, 3.63) is 35.4 Å². The molecular formula is C17H19NO5. The Labute approximate surface area is 135 Å². The Balaban J connectivity index is 1.58. The average molecular weight is 317 g/mol. The molecule has 0 aliphatic carbocycles. The van der Waals surface area contributed by atoms with Crippen molar-refractivity contribution >= 4 is 11.8 Å². The zero-order valence-corrected chi connectivity index (χ0v) is 12.8. The van der Waals surface area contributed by atoms with Gasteiger partial charge in [-0.15, -0.1) is 6.42 Å². The Kier molecular flexibility index (Phi) is 6.76. The maximum Gasteiger partial charge on any atom is 0.261 e. The number of terminal acetylenes is 1. The molecule has 1 aromatic rings. The van der Waals surface area contributed by atoms with E-state index in [1.165, 1.54) is 4.90 Å². The van der Waals surface area contributed by atoms with E-state index >= 15 is 0 Å². The number of nitrogens with zero attached hydrogens (tertiary/aromatic N) is 1. The molecule has 0 radical (unpaired) electrons. The number of carbonyl (C=O) groups excluding carboxylic acids is 2. The molecule has 0 unspecified atom stereocenters. The molecule has 6 heteroatoms. The molecule has 6 nitrogen and oxygen atoms in total. The van der Waals surface area contributed by atoms with Crippen molar-refractivity contribution in [2.24, 2.45) is 0 Å². The molecule has 1 aliphatic rings. The Morgan fingerprint density at radius 2 is 1.39 bits per heavy atom. The lowest BCUT2D eigenvalue weighted by molar-refractivity contribution is 0.0160. The number of rotatable bonds is 10. The number of hydrogen-bond acceptors (Lipinski definition) is 5. The summed E-state index contributed by atoms with van der Waals surface area (Å²) in [7, 11) is 0. The second-order valence-corrected chi connectivity index (χ2v) is 4.79. The van der Waals surface area contributed by atoms with Crippen molar-refractivity contribution < 1.29 is 23.8 Å². The van der Waals surface area contributed by atoms with Gasteiger partial charge in [0.05, 0.1) is 50.7 Å². The Bertz CT molecular complexity index is 558. The lowest BCUT2D eigenvalue weighted by Crippen LogP contribution is -2.33. The van der Waals surface area contributed by atoms with Gasteiger partial charge in [-0.05, 0) is 12.1 Å². The van der Waals surface area contributed by atoms with Crippen LogP contribution in [0, 0.1) is 12.3 Å². The maximum atomic E-state index is 12.1. The second kappa shape index (κ2) is 9.06. The van der Waals surface area contributed by atoms with Gasteiger partial charge < -0.3 is 14.2 Å². The standard InChI is InChI=1S/C17H19NO5/c1-2-8-21-10-12-23-13-11-22-9-7-18-16(19)14-5-3-4-6-15(14)17(18)20/h1,3-6H,7-13H2. The summed E-state index contributed by atoms with van der Waals surface area (Å²) >= 11 is 0. The highest BCUT2D eigenvalue weighted by Crippen LogP contribution is 2.21. The molecule has 1 aliphatic heterocycles. The SMILES string of the molecule is C#CCOCCOCCOCCN1C(=O)c2ccccc2C1=O. The predicted molar refractivity (Wildman–Crippen MR) is 83.1 cm³/mol. The van der Waals surface area contributed by atoms with Gasteiger partial charge in [-0.3, -0.25) is 14.5 Å². The van der Waals surface area contributed by atoms with Crippen molar-refractivity contribution in [2.45, 2.75) is 0 Å². The molecule has 0 spiro atoms. The Hall–Kier alpha value is -2.20. The van der Waals surface area contributed by atoms with Crippen LogP contribution in [0.2, 0.25) is 0 Å². The van der Waals surface area contributed by atoms with Crippen molar-refractivity contribution in [2.75, 3.05) is 46.2 Å². The minimum atomic E-state index is -0.267. The first-order valence-electron chi connectivity index (χ1n) is 7.37. The van der Waals surface area contributed by atoms with E-state index in [0.29, 0.717) is 37.6 Å². The van der Waals surface area contributed by atoms with Crippen LogP contribution in [0.5, 0.6) is 0 Å². The van der Waals surface area contributed by atoms with Crippen LogP contribution in [0.25, 0.3) is 0 Å². The van der Waals surface area contributed by atoms with Crippen LogP contribution in [0.4, 0.5) is 0 Å². The fourth-order valence-electron chi connectivity index (χ4n) is 2.17. The molecule has 1 aromatic carbocycles. The van der Waals surface area contributed by atoms with Gasteiger partial charge in [-0.25, -0.2) is 0 Å². The average Bonchev–Trinajstić information content (AvgIpc) is 2.81. The summed E-state index contributed by atoms with van der Waals surface area (Å²) in [6, 6.07) is 6.81. The highest BCUT2D eigenvalue weighted by molar-refractivity contribution is 6.21. The van der Waals surface area contributed by atoms with Crippen molar-refractivity contribution in [3.63, 3.8) is 0 Å². The zero-order valence-electron chi connectivity index (χ0n) is 12.8. The molecule has 0 saturated carbocycles. The summed E-state index contributed by atoms with van der Waals surface area (Å²) in [6.07, 6.45) is 5.04. The fraction of sp³-hybridized carbons (Fsp3) is 0.412. The van der Waals surface area contributed by atoms with Crippen molar-refractivity contribution in [1.29, 1.82) is 0 Å². The van der Waals surface area contributed by atoms with Gasteiger partial charge in [0, 0.05) is 0 Å². The molecule has 0 atom stereocenters. The molecule has 23 heavy (non-hydrogen) atoms. The van der Waals surface area contributed by atoms with E-state index in [-0.39, 0.29) is 31.6 Å². The molecule has 0 bridgehead atoms. The van der Waals surface area contributed by atoms with Crippen LogP contribution in [0.15, 0.2) is 24.3 Å². The van der Waals surface area contributed by atoms with Crippen LogP contribution < -0.4 is 0 Å². The van der Waals surface area contributed by atoms with Crippen LogP contribution >= 0.6 is 0 Å². The Morgan fingerprint density at radius 1 is 0.870 bits per heavy atom. The molecular weight excluding hydrogens is 298 g/mol. The number of fused-ring (bicyclic) bond motifs is 1. The first-order chi connectivity index (χ1) is 11.3. The molecule has 0 saturated heterocycles. The Morgan fingerprint density at radius 3 is 1.96 bits per heavy atom. The summed E-state index contributed by atoms with van der Waals surface area (Å²) < 4.78 is 15.7. The molecule has 0 fully saturated rings. The zero-order chi connectivity index (χ0) is 16.5. The van der Waals surface area contributed by atoms with Crippen molar-refractivity contribution in [3.8, 4) is 12.3 Å². The van der Waals surface area contributed by atoms with E-state index in [1.807, 2.05) is 0 Å². The number of imide groups is 1. The van der Waals surface area contributed by atoms with E-state index in [4.69, 9.17) is 20.6 Å². The van der Waals surface area contributed by atoms with Gasteiger partial charge >= 0.3 is 0 Å². The molecule has 2 amide bonds. The number of benzene rings is 1. The topological polar surface area (TPSA) is 65.1 Å². The van der Waals surface area contributed by atoms with E-state index in [1.54, 1.807) is 24.3 Å². The minimum absolute atomic E-state index is 0.234. The normalized spacial score (nSPS) is 13.3. The largest absolute Gasteiger partial charge is 0.377 e. The summed E-state index contributed by atoms with van der Waals surface area (Å²) in [4.78, 5) is 25.4. The van der Waals surface area contributed by atoms with Gasteiger partial charge in [0.2, 0.25) is 0 Å². The van der Waals surface area contributed by atoms with Crippen LogP contribution in [-0.4, -0.2) is 62.9 Å². The molecule has 1 heterocycles. The smallest absolute Gasteiger partial charge is 0.261 e. The number of amides is 2. The molecule has 2 rings (SSSR count). The monoisotopic (exact) mass is 317 g/mol. The first kappa shape index (κ1) is 17.2. The third-order valence-corrected chi connectivity index (χ3v) is 3.27. The van der Waals surface area contributed by atoms with E-state index in [2.05, 4.69) is 5.92 Å². The van der Waals surface area contributed by atoms with E-state index < -0.39 is 0 Å². The quantitative estimate of drug-likeness (QED) is 0.365. The van der Waals surface area contributed by atoms with Gasteiger partial charge in [0.15, 0.2) is 0 Å². The number of carbonyl (C=O) groups is 2. The third kappa shape index (κ3) is 4.63. The van der Waals surface area contributed by atoms with E-state index in [9.17, 15) is 9.59 Å². The maximum absolute atomic E-state index is 12.1. The van der Waals surface area contributed by atoms with Crippen LogP contribution in [-0.2, 0) is 14.2 Å². The van der Waals surface area contributed by atoms with Gasteiger partial charge in [0.25, 0.3) is 11.8 Å². The molecule has 0 aromatic heterocycles. The van der Waals surface area contributed by atoms with Crippen LogP contribution in [0.1, 0.15) is 20.7 Å². The lowest BCUT2D eigenvalue weighted by Gasteiger charge is -2.13. The lowest BCUT2D eigenvalue weighted by atomic mass is 10.1. The summed E-state index contributed by atoms with van der Waals surface area (Å²) in [5.74, 6) is 1.83. The minimum Gasteiger partial charge on any atom is -0.377 e. The summed E-state index contributed by atoms with van der Waals surface area (Å²) in [5, 5.41) is 0. The van der Waals surface area contributed by atoms with Gasteiger partial charge in [-0.2, -0.15) is 0 Å². The van der Waals surface area contributed by atoms with Gasteiger partial charge in [-0.1, -0.05) is 18.1 Å². The summed E-state index contributed by atoms with van der Waals surface area (Å²) in [5.41, 5.74) is 0.903. The number of ether oxygens (including phenoxy) is 3. The first-order valence-corrected chi connectivity index (χ1v) is 7.37. The molecule has 122 valence electrons. The second-order valence-electron chi connectivity index (χ2n) is 4.79. The predicted octanol–water partition coefficient (Wildman–Crippen LogP) is 0.966. The highest BCUT2D eigenvalue weighted by atomic mass is 16.5. The van der Waals surface area contributed by atoms with Crippen LogP contribution in [0.3, 0.4) is 0 Å². The third-order valence-electron chi connectivity index (χ3n) is 3.27. The van der Waals surface area contributed by atoms with E-state index in [0.717, 1.165) is 0 Å².